The molecule has 1 aromatic rings. The Kier molecular flexibility index (Phi) is 11.0. The summed E-state index contributed by atoms with van der Waals surface area (Å²) in [5, 5.41) is 0. The summed E-state index contributed by atoms with van der Waals surface area (Å²) in [4.78, 5) is 0. The molecule has 144 valence electrons. The van der Waals surface area contributed by atoms with Crippen molar-refractivity contribution in [2.75, 3.05) is 13.2 Å². The van der Waals surface area contributed by atoms with Gasteiger partial charge in [-0.2, -0.15) is 13.2 Å². The van der Waals surface area contributed by atoms with Gasteiger partial charge < -0.3 is 13.9 Å². The van der Waals surface area contributed by atoms with Gasteiger partial charge in [0.15, 0.2) is 9.76 Å². The van der Waals surface area contributed by atoms with Crippen molar-refractivity contribution in [3.63, 3.8) is 0 Å². The van der Waals surface area contributed by atoms with Gasteiger partial charge in [0.25, 0.3) is 6.48 Å². The lowest BCUT2D eigenvalue weighted by atomic mass is 10.0. The Bertz CT molecular complexity index is 463. The number of unbranched alkanes of at least 4 members (excludes halogenated alkanes) is 3. The Hall–Kier alpha value is -0.893. The third-order valence-electron chi connectivity index (χ3n) is 3.72. The molecule has 0 radical (unpaired) electrons. The second-order valence-electron chi connectivity index (χ2n) is 5.79. The lowest BCUT2D eigenvalue weighted by Gasteiger charge is -2.17. The second-order valence-corrected chi connectivity index (χ2v) is 7.23. The highest BCUT2D eigenvalue weighted by atomic mass is 28.2. The van der Waals surface area contributed by atoms with Crippen LogP contribution in [0.3, 0.4) is 0 Å². The topological polar surface area (TPSA) is 27.7 Å². The van der Waals surface area contributed by atoms with Gasteiger partial charge in [-0.15, -0.1) is 0 Å². The molecule has 0 unspecified atom stereocenters. The first kappa shape index (κ1) is 22.1. The van der Waals surface area contributed by atoms with Crippen LogP contribution in [-0.2, 0) is 26.5 Å². The van der Waals surface area contributed by atoms with E-state index in [0.29, 0.717) is 19.6 Å². The molecule has 0 spiro atoms. The fourth-order valence-corrected chi connectivity index (χ4v) is 3.57. The van der Waals surface area contributed by atoms with E-state index in [2.05, 4.69) is 0 Å². The number of aryl methyl sites for hydroxylation is 1. The van der Waals surface area contributed by atoms with E-state index < -0.39 is 28.0 Å². The Morgan fingerprint density at radius 1 is 1.00 bits per heavy atom. The Labute approximate surface area is 150 Å². The molecule has 1 rings (SSSR count). The zero-order valence-electron chi connectivity index (χ0n) is 15.1. The quantitative estimate of drug-likeness (QED) is 0.283. The maximum atomic E-state index is 12.7. The van der Waals surface area contributed by atoms with Crippen LogP contribution in [0.5, 0.6) is 0 Å². The average molecular weight is 379 g/mol. The second kappa shape index (κ2) is 12.5. The third-order valence-corrected chi connectivity index (χ3v) is 5.02. The van der Waals surface area contributed by atoms with Crippen molar-refractivity contribution >= 4 is 9.76 Å². The minimum absolute atomic E-state index is 0.525. The molecule has 0 bridgehead atoms. The molecule has 0 aromatic heterocycles. The lowest BCUT2D eigenvalue weighted by molar-refractivity contribution is -0.243. The molecule has 0 saturated carbocycles. The van der Waals surface area contributed by atoms with Gasteiger partial charge in [-0.3, -0.25) is 0 Å². The fourth-order valence-electron chi connectivity index (χ4n) is 2.46. The molecular weight excluding hydrogens is 349 g/mol. The van der Waals surface area contributed by atoms with Crippen LogP contribution in [-0.4, -0.2) is 29.5 Å². The predicted octanol–water partition coefficient (Wildman–Crippen LogP) is 4.68. The molecular formula is C18H29F3O3Si. The van der Waals surface area contributed by atoms with E-state index in [4.69, 9.17) is 13.9 Å². The molecule has 0 aliphatic rings. The summed E-state index contributed by atoms with van der Waals surface area (Å²) in [6.07, 6.45) is 0.508. The highest BCUT2D eigenvalue weighted by Crippen LogP contribution is 2.29. The maximum Gasteiger partial charge on any atom is 0.416 e. The summed E-state index contributed by atoms with van der Waals surface area (Å²) in [6.45, 7) is 4.41. The zero-order valence-corrected chi connectivity index (χ0v) is 16.5. The van der Waals surface area contributed by atoms with Gasteiger partial charge in [-0.05, 0) is 44.4 Å². The summed E-state index contributed by atoms with van der Waals surface area (Å²) in [7, 11) is -0.658. The minimum atomic E-state index is -4.26. The molecule has 0 amide bonds. The van der Waals surface area contributed by atoms with Crippen molar-refractivity contribution < 1.29 is 27.1 Å². The van der Waals surface area contributed by atoms with Crippen molar-refractivity contribution in [2.24, 2.45) is 0 Å². The van der Waals surface area contributed by atoms with E-state index in [9.17, 15) is 13.2 Å². The average Bonchev–Trinajstić information content (AvgIpc) is 2.57. The van der Waals surface area contributed by atoms with Crippen molar-refractivity contribution in [1.29, 1.82) is 0 Å². The standard InChI is InChI=1S/C18H29F3O3Si/c1-3-22-17(23-4-2)24-25-13-8-6-5-7-10-15-11-9-12-16(14-15)18(19,20)21/h9,11-12,14,17H,3-8,10,13,25H2,1-2H3. The number of rotatable bonds is 13. The van der Waals surface area contributed by atoms with Gasteiger partial charge >= 0.3 is 6.18 Å². The van der Waals surface area contributed by atoms with E-state index in [1.165, 1.54) is 12.1 Å². The van der Waals surface area contributed by atoms with Crippen LogP contribution in [0.25, 0.3) is 0 Å². The third kappa shape index (κ3) is 9.99. The molecule has 0 atom stereocenters. The monoisotopic (exact) mass is 378 g/mol. The first-order valence-corrected chi connectivity index (χ1v) is 10.6. The number of benzene rings is 1. The van der Waals surface area contributed by atoms with Crippen molar-refractivity contribution in [1.82, 2.24) is 0 Å². The van der Waals surface area contributed by atoms with Crippen molar-refractivity contribution in [3.8, 4) is 0 Å². The fraction of sp³-hybridized carbons (Fsp3) is 0.667. The van der Waals surface area contributed by atoms with Gasteiger partial charge in [0.05, 0.1) is 5.56 Å². The molecule has 0 N–H and O–H groups in total. The maximum absolute atomic E-state index is 12.7. The van der Waals surface area contributed by atoms with Crippen LogP contribution < -0.4 is 0 Å². The van der Waals surface area contributed by atoms with E-state index in [-0.39, 0.29) is 0 Å². The minimum Gasteiger partial charge on any atom is -0.379 e. The Morgan fingerprint density at radius 2 is 1.68 bits per heavy atom. The SMILES string of the molecule is CCOC(OCC)O[SiH2]CCCCCCc1cccc(C(F)(F)F)c1. The van der Waals surface area contributed by atoms with Crippen LogP contribution >= 0.6 is 0 Å². The van der Waals surface area contributed by atoms with E-state index in [1.54, 1.807) is 6.07 Å². The molecule has 0 fully saturated rings. The van der Waals surface area contributed by atoms with E-state index in [1.807, 2.05) is 13.8 Å². The molecule has 25 heavy (non-hydrogen) atoms. The van der Waals surface area contributed by atoms with Gasteiger partial charge in [-0.1, -0.05) is 37.5 Å². The van der Waals surface area contributed by atoms with Gasteiger partial charge in [0.1, 0.15) is 0 Å². The van der Waals surface area contributed by atoms with Crippen LogP contribution in [0, 0.1) is 0 Å². The van der Waals surface area contributed by atoms with E-state index >= 15 is 0 Å². The summed E-state index contributed by atoms with van der Waals surface area (Å²) in [6, 6.07) is 6.67. The van der Waals surface area contributed by atoms with Gasteiger partial charge in [-0.25, -0.2) is 0 Å². The van der Waals surface area contributed by atoms with Crippen LogP contribution in [0.2, 0.25) is 6.04 Å². The molecule has 0 heterocycles. The Morgan fingerprint density at radius 3 is 2.32 bits per heavy atom. The van der Waals surface area contributed by atoms with Gasteiger partial charge in [0, 0.05) is 13.2 Å². The highest BCUT2D eigenvalue weighted by molar-refractivity contribution is 6.27. The number of alkyl halides is 3. The Balaban J connectivity index is 2.11. The normalized spacial score (nSPS) is 12.6. The summed E-state index contributed by atoms with van der Waals surface area (Å²) >= 11 is 0. The number of ether oxygens (including phenoxy) is 2. The molecule has 0 saturated heterocycles. The summed E-state index contributed by atoms with van der Waals surface area (Å²) < 4.78 is 54.2. The smallest absolute Gasteiger partial charge is 0.379 e. The first-order valence-electron chi connectivity index (χ1n) is 8.98. The molecule has 3 nitrogen and oxygen atoms in total. The molecule has 0 aliphatic heterocycles. The molecule has 0 aliphatic carbocycles. The largest absolute Gasteiger partial charge is 0.416 e. The van der Waals surface area contributed by atoms with Crippen molar-refractivity contribution in [2.45, 2.75) is 64.6 Å². The summed E-state index contributed by atoms with van der Waals surface area (Å²) in [5.41, 5.74) is 0.190. The zero-order chi connectivity index (χ0) is 18.5. The van der Waals surface area contributed by atoms with Crippen LogP contribution in [0.1, 0.15) is 50.7 Å². The van der Waals surface area contributed by atoms with Gasteiger partial charge in [0.2, 0.25) is 0 Å². The van der Waals surface area contributed by atoms with E-state index in [0.717, 1.165) is 43.4 Å². The van der Waals surface area contributed by atoms with Crippen LogP contribution in [0.4, 0.5) is 13.2 Å². The number of hydrogen-bond acceptors (Lipinski definition) is 3. The first-order chi connectivity index (χ1) is 12.0. The molecule has 1 aromatic carbocycles. The molecule has 7 heteroatoms. The highest BCUT2D eigenvalue weighted by Gasteiger charge is 2.30. The number of halogens is 3. The van der Waals surface area contributed by atoms with Crippen molar-refractivity contribution in [3.05, 3.63) is 35.4 Å². The number of hydrogen-bond donors (Lipinski definition) is 0. The lowest BCUT2D eigenvalue weighted by Crippen LogP contribution is -2.22. The summed E-state index contributed by atoms with van der Waals surface area (Å²) in [5.74, 6) is 0. The predicted molar refractivity (Wildman–Crippen MR) is 95.1 cm³/mol. The van der Waals surface area contributed by atoms with Crippen LogP contribution in [0.15, 0.2) is 24.3 Å².